The molecule has 0 rings (SSSR count). The van der Waals surface area contributed by atoms with Crippen LogP contribution in [-0.2, 0) is 9.53 Å². The SMILES string of the molecule is CC(C)OC(=O)CCCCCCCC#N. The minimum atomic E-state index is -0.0953. The van der Waals surface area contributed by atoms with Gasteiger partial charge in [0, 0.05) is 12.8 Å². The predicted molar refractivity (Wildman–Crippen MR) is 59.2 cm³/mol. The van der Waals surface area contributed by atoms with Crippen LogP contribution in [0.2, 0.25) is 0 Å². The number of unbranched alkanes of at least 4 members (excludes halogenated alkanes) is 5. The largest absolute Gasteiger partial charge is 0.463 e. The van der Waals surface area contributed by atoms with Gasteiger partial charge in [0.05, 0.1) is 12.2 Å². The van der Waals surface area contributed by atoms with Gasteiger partial charge in [0.1, 0.15) is 0 Å². The van der Waals surface area contributed by atoms with Crippen LogP contribution in [-0.4, -0.2) is 12.1 Å². The first-order chi connectivity index (χ1) is 7.16. The highest BCUT2D eigenvalue weighted by atomic mass is 16.5. The molecule has 3 heteroatoms. The van der Waals surface area contributed by atoms with E-state index in [-0.39, 0.29) is 12.1 Å². The molecule has 0 saturated heterocycles. The molecule has 0 aliphatic carbocycles. The number of hydrogen-bond acceptors (Lipinski definition) is 3. The van der Waals surface area contributed by atoms with E-state index in [2.05, 4.69) is 6.07 Å². The smallest absolute Gasteiger partial charge is 0.306 e. The molecule has 0 N–H and O–H groups in total. The van der Waals surface area contributed by atoms with Crippen LogP contribution in [0.15, 0.2) is 0 Å². The zero-order valence-corrected chi connectivity index (χ0v) is 9.79. The lowest BCUT2D eigenvalue weighted by Crippen LogP contribution is -2.10. The van der Waals surface area contributed by atoms with Gasteiger partial charge in [-0.05, 0) is 26.7 Å². The highest BCUT2D eigenvalue weighted by molar-refractivity contribution is 5.69. The number of nitriles is 1. The van der Waals surface area contributed by atoms with E-state index in [0.717, 1.165) is 32.1 Å². The topological polar surface area (TPSA) is 50.1 Å². The van der Waals surface area contributed by atoms with Crippen molar-refractivity contribution in [2.24, 2.45) is 0 Å². The van der Waals surface area contributed by atoms with E-state index in [1.807, 2.05) is 13.8 Å². The van der Waals surface area contributed by atoms with Gasteiger partial charge in [0.2, 0.25) is 0 Å². The summed E-state index contributed by atoms with van der Waals surface area (Å²) < 4.78 is 5.01. The van der Waals surface area contributed by atoms with E-state index in [1.54, 1.807) is 0 Å². The van der Waals surface area contributed by atoms with Gasteiger partial charge < -0.3 is 4.74 Å². The molecule has 0 radical (unpaired) electrons. The van der Waals surface area contributed by atoms with Crippen molar-refractivity contribution in [2.45, 2.75) is 64.9 Å². The third-order valence-electron chi connectivity index (χ3n) is 2.04. The molecule has 0 aromatic heterocycles. The van der Waals surface area contributed by atoms with Crippen LogP contribution in [0.3, 0.4) is 0 Å². The Morgan fingerprint density at radius 3 is 2.40 bits per heavy atom. The Kier molecular flexibility index (Phi) is 8.85. The summed E-state index contributed by atoms with van der Waals surface area (Å²) >= 11 is 0. The van der Waals surface area contributed by atoms with Crippen LogP contribution in [0.25, 0.3) is 0 Å². The van der Waals surface area contributed by atoms with Crippen molar-refractivity contribution in [1.29, 1.82) is 5.26 Å². The molecule has 0 spiro atoms. The summed E-state index contributed by atoms with van der Waals surface area (Å²) in [6, 6.07) is 2.12. The van der Waals surface area contributed by atoms with Crippen molar-refractivity contribution in [3.63, 3.8) is 0 Å². The number of ether oxygens (including phenoxy) is 1. The molecule has 0 unspecified atom stereocenters. The van der Waals surface area contributed by atoms with Crippen molar-refractivity contribution in [3.05, 3.63) is 0 Å². The van der Waals surface area contributed by atoms with E-state index in [4.69, 9.17) is 10.00 Å². The van der Waals surface area contributed by atoms with Crippen molar-refractivity contribution in [3.8, 4) is 6.07 Å². The van der Waals surface area contributed by atoms with Gasteiger partial charge in [0.15, 0.2) is 0 Å². The zero-order valence-electron chi connectivity index (χ0n) is 9.79. The molecule has 0 heterocycles. The van der Waals surface area contributed by atoms with E-state index in [0.29, 0.717) is 12.8 Å². The van der Waals surface area contributed by atoms with E-state index >= 15 is 0 Å². The summed E-state index contributed by atoms with van der Waals surface area (Å²) in [4.78, 5) is 11.1. The Labute approximate surface area is 92.4 Å². The van der Waals surface area contributed by atoms with Gasteiger partial charge in [0.25, 0.3) is 0 Å². The molecular weight excluding hydrogens is 190 g/mol. The van der Waals surface area contributed by atoms with E-state index < -0.39 is 0 Å². The summed E-state index contributed by atoms with van der Waals surface area (Å²) in [5.74, 6) is -0.0953. The summed E-state index contributed by atoms with van der Waals surface area (Å²) in [6.07, 6.45) is 6.30. The molecule has 0 amide bonds. The Morgan fingerprint density at radius 1 is 1.20 bits per heavy atom. The molecular formula is C12H21NO2. The predicted octanol–water partition coefficient (Wildman–Crippen LogP) is 3.19. The Balaban J connectivity index is 3.17. The quantitative estimate of drug-likeness (QED) is 0.457. The van der Waals surface area contributed by atoms with Gasteiger partial charge in [-0.3, -0.25) is 4.79 Å². The summed E-state index contributed by atoms with van der Waals surface area (Å²) in [5, 5.41) is 8.31. The van der Waals surface area contributed by atoms with Crippen LogP contribution in [0.1, 0.15) is 58.8 Å². The fourth-order valence-electron chi connectivity index (χ4n) is 1.33. The lowest BCUT2D eigenvalue weighted by atomic mass is 10.1. The first-order valence-electron chi connectivity index (χ1n) is 5.73. The lowest BCUT2D eigenvalue weighted by Gasteiger charge is -2.07. The highest BCUT2D eigenvalue weighted by Gasteiger charge is 2.04. The van der Waals surface area contributed by atoms with Crippen LogP contribution >= 0.6 is 0 Å². The normalized spacial score (nSPS) is 10.0. The molecule has 0 aliphatic heterocycles. The molecule has 0 aromatic carbocycles. The van der Waals surface area contributed by atoms with Gasteiger partial charge in [-0.25, -0.2) is 0 Å². The van der Waals surface area contributed by atoms with E-state index in [9.17, 15) is 4.79 Å². The average Bonchev–Trinajstić information content (AvgIpc) is 2.15. The molecule has 0 aromatic rings. The minimum absolute atomic E-state index is 0.00636. The maximum absolute atomic E-state index is 11.1. The number of hydrogen-bond donors (Lipinski definition) is 0. The lowest BCUT2D eigenvalue weighted by molar-refractivity contribution is -0.147. The monoisotopic (exact) mass is 211 g/mol. The summed E-state index contributed by atoms with van der Waals surface area (Å²) in [6.45, 7) is 3.72. The van der Waals surface area contributed by atoms with Crippen molar-refractivity contribution in [2.75, 3.05) is 0 Å². The van der Waals surface area contributed by atoms with Crippen molar-refractivity contribution >= 4 is 5.97 Å². The van der Waals surface area contributed by atoms with Crippen molar-refractivity contribution in [1.82, 2.24) is 0 Å². The fraction of sp³-hybridized carbons (Fsp3) is 0.833. The number of rotatable bonds is 8. The maximum atomic E-state index is 11.1. The number of esters is 1. The Morgan fingerprint density at radius 2 is 1.80 bits per heavy atom. The molecule has 86 valence electrons. The molecule has 0 saturated carbocycles. The van der Waals surface area contributed by atoms with Crippen LogP contribution in [0, 0.1) is 11.3 Å². The maximum Gasteiger partial charge on any atom is 0.306 e. The second-order valence-corrected chi connectivity index (χ2v) is 3.96. The average molecular weight is 211 g/mol. The van der Waals surface area contributed by atoms with Gasteiger partial charge in [-0.1, -0.05) is 19.3 Å². The molecule has 0 bridgehead atoms. The third kappa shape index (κ3) is 10.9. The molecule has 0 aliphatic rings. The molecule has 15 heavy (non-hydrogen) atoms. The van der Waals surface area contributed by atoms with E-state index in [1.165, 1.54) is 0 Å². The standard InChI is InChI=1S/C12H21NO2/c1-11(2)15-12(14)9-7-5-3-4-6-8-10-13/h11H,3-9H2,1-2H3. The Hall–Kier alpha value is -1.04. The van der Waals surface area contributed by atoms with Crippen molar-refractivity contribution < 1.29 is 9.53 Å². The first kappa shape index (κ1) is 14.0. The molecule has 3 nitrogen and oxygen atoms in total. The van der Waals surface area contributed by atoms with Crippen LogP contribution in [0.4, 0.5) is 0 Å². The van der Waals surface area contributed by atoms with Crippen LogP contribution in [0.5, 0.6) is 0 Å². The second kappa shape index (κ2) is 9.51. The second-order valence-electron chi connectivity index (χ2n) is 3.96. The minimum Gasteiger partial charge on any atom is -0.463 e. The summed E-state index contributed by atoms with van der Waals surface area (Å²) in [5.41, 5.74) is 0. The highest BCUT2D eigenvalue weighted by Crippen LogP contribution is 2.07. The fourth-order valence-corrected chi connectivity index (χ4v) is 1.33. The Bertz CT molecular complexity index is 206. The van der Waals surface area contributed by atoms with Crippen LogP contribution < -0.4 is 0 Å². The molecule has 0 fully saturated rings. The van der Waals surface area contributed by atoms with Gasteiger partial charge in [-0.2, -0.15) is 5.26 Å². The number of carbonyl (C=O) groups is 1. The first-order valence-corrected chi connectivity index (χ1v) is 5.73. The van der Waals surface area contributed by atoms with Gasteiger partial charge >= 0.3 is 5.97 Å². The van der Waals surface area contributed by atoms with Gasteiger partial charge in [-0.15, -0.1) is 0 Å². The molecule has 0 atom stereocenters. The number of carbonyl (C=O) groups excluding carboxylic acids is 1. The zero-order chi connectivity index (χ0) is 11.5. The summed E-state index contributed by atoms with van der Waals surface area (Å²) in [7, 11) is 0. The third-order valence-corrected chi connectivity index (χ3v) is 2.04. The number of nitrogens with zero attached hydrogens (tertiary/aromatic N) is 1.